The van der Waals surface area contributed by atoms with Gasteiger partial charge in [0.25, 0.3) is 0 Å². The number of esters is 1. The Morgan fingerprint density at radius 1 is 1.24 bits per heavy atom. The summed E-state index contributed by atoms with van der Waals surface area (Å²) in [6.07, 6.45) is 8.47. The fraction of sp³-hybridized carbons (Fsp3) is 0.400. The van der Waals surface area contributed by atoms with Crippen LogP contribution in [0.25, 0.3) is 6.08 Å². The lowest BCUT2D eigenvalue weighted by atomic mass is 10.0. The predicted molar refractivity (Wildman–Crippen MR) is 97.6 cm³/mol. The predicted octanol–water partition coefficient (Wildman–Crippen LogP) is 4.38. The van der Waals surface area contributed by atoms with Crippen molar-refractivity contribution >= 4 is 17.8 Å². The van der Waals surface area contributed by atoms with Crippen molar-refractivity contribution in [2.24, 2.45) is 0 Å². The molecule has 0 heterocycles. The number of phenols is 2. The quantitative estimate of drug-likeness (QED) is 0.512. The second-order valence-electron chi connectivity index (χ2n) is 5.70. The van der Waals surface area contributed by atoms with E-state index in [1.54, 1.807) is 32.1 Å². The van der Waals surface area contributed by atoms with Crippen LogP contribution < -0.4 is 0 Å². The van der Waals surface area contributed by atoms with E-state index in [1.165, 1.54) is 12.1 Å². The molecule has 0 saturated heterocycles. The highest BCUT2D eigenvalue weighted by Gasteiger charge is 2.21. The molecule has 0 aliphatic heterocycles. The molecule has 0 bridgehead atoms. The molecule has 1 aromatic rings. The van der Waals surface area contributed by atoms with Crippen LogP contribution in [0.15, 0.2) is 30.4 Å². The van der Waals surface area contributed by atoms with E-state index in [0.717, 1.165) is 12.5 Å². The van der Waals surface area contributed by atoms with Crippen molar-refractivity contribution < 1.29 is 24.5 Å². The number of hydrogen-bond acceptors (Lipinski definition) is 5. The van der Waals surface area contributed by atoms with Crippen molar-refractivity contribution in [2.75, 3.05) is 0 Å². The number of rotatable bonds is 9. The van der Waals surface area contributed by atoms with Crippen LogP contribution in [0.1, 0.15) is 62.4 Å². The highest BCUT2D eigenvalue weighted by molar-refractivity contribution is 5.97. The van der Waals surface area contributed by atoms with Crippen LogP contribution in [0, 0.1) is 0 Å². The largest absolute Gasteiger partial charge is 0.508 e. The molecule has 0 aliphatic carbocycles. The molecule has 1 rings (SSSR count). The van der Waals surface area contributed by atoms with Crippen LogP contribution in [0.5, 0.6) is 11.5 Å². The summed E-state index contributed by atoms with van der Waals surface area (Å²) in [4.78, 5) is 23.9. The summed E-state index contributed by atoms with van der Waals surface area (Å²) >= 11 is 0. The summed E-state index contributed by atoms with van der Waals surface area (Å²) in [7, 11) is 0. The van der Waals surface area contributed by atoms with Crippen LogP contribution >= 0.6 is 0 Å². The SMILES string of the molecule is C/C=C/c1cc(O)cc(O)c1C(=O)O[C@H](C/C=C\C(=O)CC)CCC. The highest BCUT2D eigenvalue weighted by atomic mass is 16.5. The second-order valence-corrected chi connectivity index (χ2v) is 5.70. The van der Waals surface area contributed by atoms with Crippen molar-refractivity contribution in [3.05, 3.63) is 41.5 Å². The molecule has 0 aliphatic rings. The molecule has 0 fully saturated rings. The van der Waals surface area contributed by atoms with E-state index in [9.17, 15) is 19.8 Å². The van der Waals surface area contributed by atoms with E-state index in [-0.39, 0.29) is 28.9 Å². The summed E-state index contributed by atoms with van der Waals surface area (Å²) in [5, 5.41) is 19.6. The maximum absolute atomic E-state index is 12.5. The van der Waals surface area contributed by atoms with E-state index in [2.05, 4.69) is 0 Å². The molecule has 136 valence electrons. The minimum atomic E-state index is -0.653. The van der Waals surface area contributed by atoms with Crippen LogP contribution in [0.4, 0.5) is 0 Å². The first-order valence-corrected chi connectivity index (χ1v) is 8.51. The summed E-state index contributed by atoms with van der Waals surface area (Å²) in [6.45, 7) is 5.53. The van der Waals surface area contributed by atoms with Gasteiger partial charge in [-0.2, -0.15) is 0 Å². The van der Waals surface area contributed by atoms with Gasteiger partial charge in [0.2, 0.25) is 0 Å². The van der Waals surface area contributed by atoms with Crippen molar-refractivity contribution in [3.63, 3.8) is 0 Å². The topological polar surface area (TPSA) is 83.8 Å². The molecule has 25 heavy (non-hydrogen) atoms. The van der Waals surface area contributed by atoms with E-state index in [0.29, 0.717) is 24.8 Å². The van der Waals surface area contributed by atoms with Crippen LogP contribution in [0.3, 0.4) is 0 Å². The Morgan fingerprint density at radius 3 is 2.56 bits per heavy atom. The maximum atomic E-state index is 12.5. The maximum Gasteiger partial charge on any atom is 0.342 e. The average molecular weight is 346 g/mol. The Labute approximate surface area is 148 Å². The monoisotopic (exact) mass is 346 g/mol. The Balaban J connectivity index is 2.97. The normalized spacial score (nSPS) is 12.6. The van der Waals surface area contributed by atoms with E-state index >= 15 is 0 Å². The zero-order chi connectivity index (χ0) is 18.8. The molecule has 1 atom stereocenters. The Morgan fingerprint density at radius 2 is 1.96 bits per heavy atom. The summed E-state index contributed by atoms with van der Waals surface area (Å²) in [5.74, 6) is -1.09. The number of hydrogen-bond donors (Lipinski definition) is 2. The van der Waals surface area contributed by atoms with E-state index < -0.39 is 5.97 Å². The third kappa shape index (κ3) is 6.45. The van der Waals surface area contributed by atoms with Gasteiger partial charge >= 0.3 is 5.97 Å². The summed E-state index contributed by atoms with van der Waals surface area (Å²) in [6, 6.07) is 2.50. The zero-order valence-electron chi connectivity index (χ0n) is 15.0. The van der Waals surface area contributed by atoms with Gasteiger partial charge in [-0.15, -0.1) is 0 Å². The lowest BCUT2D eigenvalue weighted by Gasteiger charge is -2.17. The van der Waals surface area contributed by atoms with Gasteiger partial charge in [0, 0.05) is 18.9 Å². The van der Waals surface area contributed by atoms with Gasteiger partial charge in [-0.3, -0.25) is 4.79 Å². The minimum Gasteiger partial charge on any atom is -0.508 e. The highest BCUT2D eigenvalue weighted by Crippen LogP contribution is 2.29. The van der Waals surface area contributed by atoms with E-state index in [1.807, 2.05) is 6.92 Å². The molecular weight excluding hydrogens is 320 g/mol. The molecule has 5 nitrogen and oxygen atoms in total. The summed E-state index contributed by atoms with van der Waals surface area (Å²) < 4.78 is 5.52. The molecule has 2 N–H and O–H groups in total. The van der Waals surface area contributed by atoms with Gasteiger partial charge in [0.05, 0.1) is 0 Å². The fourth-order valence-corrected chi connectivity index (χ4v) is 2.39. The van der Waals surface area contributed by atoms with Crippen LogP contribution in [-0.2, 0) is 9.53 Å². The number of carbonyl (C=O) groups is 2. The van der Waals surface area contributed by atoms with E-state index in [4.69, 9.17) is 4.74 Å². The number of aromatic hydroxyl groups is 2. The lowest BCUT2D eigenvalue weighted by Crippen LogP contribution is -2.18. The van der Waals surface area contributed by atoms with Gasteiger partial charge in [-0.25, -0.2) is 4.79 Å². The second kappa shape index (κ2) is 10.3. The number of allylic oxidation sites excluding steroid dienone is 2. The molecule has 0 radical (unpaired) electrons. The third-order valence-electron chi connectivity index (χ3n) is 3.62. The molecule has 0 spiro atoms. The standard InChI is InChI=1S/C20H26O5/c1-4-8-14-12-16(22)13-18(23)19(14)20(24)25-17(9-5-2)11-7-10-15(21)6-3/h4,7-8,10,12-13,17,22-23H,5-6,9,11H2,1-3H3/b8-4+,10-7-/t17-/m0/s1. The molecule has 5 heteroatoms. The first-order valence-electron chi connectivity index (χ1n) is 8.51. The van der Waals surface area contributed by atoms with Gasteiger partial charge < -0.3 is 14.9 Å². The van der Waals surface area contributed by atoms with Gasteiger partial charge in [-0.05, 0) is 31.1 Å². The number of ether oxygens (including phenoxy) is 1. The van der Waals surface area contributed by atoms with Crippen molar-refractivity contribution in [1.29, 1.82) is 0 Å². The van der Waals surface area contributed by atoms with Crippen LogP contribution in [-0.4, -0.2) is 28.1 Å². The summed E-state index contributed by atoms with van der Waals surface area (Å²) in [5.41, 5.74) is 0.405. The Hall–Kier alpha value is -2.56. The van der Waals surface area contributed by atoms with Crippen molar-refractivity contribution in [3.8, 4) is 11.5 Å². The Bertz CT molecular complexity index is 658. The minimum absolute atomic E-state index is 0.0191. The lowest BCUT2D eigenvalue weighted by molar-refractivity contribution is -0.114. The molecule has 1 aromatic carbocycles. The average Bonchev–Trinajstić information content (AvgIpc) is 2.54. The van der Waals surface area contributed by atoms with Gasteiger partial charge in [-0.1, -0.05) is 38.5 Å². The van der Waals surface area contributed by atoms with Crippen LogP contribution in [0.2, 0.25) is 0 Å². The molecule has 0 unspecified atom stereocenters. The molecular formula is C20H26O5. The third-order valence-corrected chi connectivity index (χ3v) is 3.62. The van der Waals surface area contributed by atoms with Gasteiger partial charge in [0.1, 0.15) is 23.2 Å². The molecule has 0 saturated carbocycles. The molecule has 0 amide bonds. The first-order chi connectivity index (χ1) is 11.9. The number of benzene rings is 1. The smallest absolute Gasteiger partial charge is 0.342 e. The van der Waals surface area contributed by atoms with Crippen molar-refractivity contribution in [1.82, 2.24) is 0 Å². The number of carbonyl (C=O) groups excluding carboxylic acids is 2. The molecule has 0 aromatic heterocycles. The zero-order valence-corrected chi connectivity index (χ0v) is 15.0. The Kier molecular flexibility index (Phi) is 8.47. The fourth-order valence-electron chi connectivity index (χ4n) is 2.39. The first kappa shape index (κ1) is 20.5. The number of phenolic OH excluding ortho intramolecular Hbond substituents is 2. The van der Waals surface area contributed by atoms with Gasteiger partial charge in [0.15, 0.2) is 5.78 Å². The van der Waals surface area contributed by atoms with Crippen molar-refractivity contribution in [2.45, 2.75) is 52.6 Å². The number of ketones is 1.